The quantitative estimate of drug-likeness (QED) is 0.337. The highest BCUT2D eigenvalue weighted by Crippen LogP contribution is 2.38. The highest BCUT2D eigenvalue weighted by Gasteiger charge is 2.47. The van der Waals surface area contributed by atoms with Crippen molar-refractivity contribution >= 4 is 34.2 Å². The van der Waals surface area contributed by atoms with Gasteiger partial charge in [0.25, 0.3) is 0 Å². The van der Waals surface area contributed by atoms with Crippen LogP contribution in [0.25, 0.3) is 5.65 Å². The van der Waals surface area contributed by atoms with Gasteiger partial charge in [-0.25, -0.2) is 13.5 Å². The van der Waals surface area contributed by atoms with E-state index >= 15 is 0 Å². The van der Waals surface area contributed by atoms with Crippen LogP contribution in [0.1, 0.15) is 40.4 Å². The van der Waals surface area contributed by atoms with Crippen LogP contribution in [-0.2, 0) is 33.2 Å². The highest BCUT2D eigenvalue weighted by molar-refractivity contribution is 7.82. The van der Waals surface area contributed by atoms with Gasteiger partial charge >= 0.3 is 12.1 Å². The van der Waals surface area contributed by atoms with Crippen molar-refractivity contribution in [1.82, 2.24) is 23.9 Å². The van der Waals surface area contributed by atoms with Crippen LogP contribution in [0.2, 0.25) is 5.02 Å². The summed E-state index contributed by atoms with van der Waals surface area (Å²) in [4.78, 5) is 16.6. The molecule has 220 valence electrons. The predicted molar refractivity (Wildman–Crippen MR) is 144 cm³/mol. The van der Waals surface area contributed by atoms with Crippen LogP contribution >= 0.6 is 11.6 Å². The van der Waals surface area contributed by atoms with E-state index < -0.39 is 40.5 Å². The normalized spacial score (nSPS) is 19.1. The number of pyridine rings is 2. The molecule has 10 nitrogen and oxygen atoms in total. The summed E-state index contributed by atoms with van der Waals surface area (Å²) in [6.07, 6.45) is -2.30. The smallest absolute Gasteiger partial charge is 0.452 e. The Hall–Kier alpha value is -3.59. The SMILES string of the molecule is Cc1c(C(CC(=O)O)c2ccc(Cl)c(CN3CC4(COC4)Oc4ncccc4S3=O)c2)ccn2c(C(F)(F)F)nnc12. The number of halogens is 4. The summed E-state index contributed by atoms with van der Waals surface area (Å²) in [5, 5.41) is 17.2. The largest absolute Gasteiger partial charge is 0.481 e. The molecule has 3 aromatic heterocycles. The second-order valence-electron chi connectivity index (χ2n) is 10.2. The molecule has 1 spiro atoms. The molecular weight excluding hydrogens is 599 g/mol. The van der Waals surface area contributed by atoms with E-state index in [2.05, 4.69) is 15.2 Å². The van der Waals surface area contributed by atoms with E-state index in [1.54, 1.807) is 47.8 Å². The van der Waals surface area contributed by atoms with Gasteiger partial charge in [-0.15, -0.1) is 10.2 Å². The number of carbonyl (C=O) groups is 1. The number of carboxylic acids is 1. The van der Waals surface area contributed by atoms with Crippen molar-refractivity contribution in [3.05, 3.63) is 81.9 Å². The fourth-order valence-electron chi connectivity index (χ4n) is 5.31. The summed E-state index contributed by atoms with van der Waals surface area (Å²) in [6.45, 7) is 2.57. The minimum absolute atomic E-state index is 0.0235. The van der Waals surface area contributed by atoms with E-state index in [4.69, 9.17) is 21.1 Å². The lowest BCUT2D eigenvalue weighted by Gasteiger charge is -2.41. The Labute approximate surface area is 244 Å². The molecule has 5 heterocycles. The molecule has 2 atom stereocenters. The van der Waals surface area contributed by atoms with Gasteiger partial charge in [0, 0.05) is 29.9 Å². The van der Waals surface area contributed by atoms with E-state index in [0.29, 0.717) is 45.4 Å². The number of hydrogen-bond donors (Lipinski definition) is 1. The number of aryl methyl sites for hydroxylation is 1. The molecule has 0 amide bonds. The molecule has 0 aliphatic carbocycles. The van der Waals surface area contributed by atoms with Crippen molar-refractivity contribution in [3.63, 3.8) is 0 Å². The van der Waals surface area contributed by atoms with Gasteiger partial charge in [0.2, 0.25) is 11.7 Å². The summed E-state index contributed by atoms with van der Waals surface area (Å²) in [7, 11) is -1.65. The molecule has 2 unspecified atom stereocenters. The zero-order valence-corrected chi connectivity index (χ0v) is 23.5. The number of aromatic nitrogens is 4. The van der Waals surface area contributed by atoms with Crippen molar-refractivity contribution in [1.29, 1.82) is 0 Å². The van der Waals surface area contributed by atoms with Crippen molar-refractivity contribution in [3.8, 4) is 5.88 Å². The van der Waals surface area contributed by atoms with E-state index in [1.165, 1.54) is 12.3 Å². The Morgan fingerprint density at radius 3 is 2.71 bits per heavy atom. The summed E-state index contributed by atoms with van der Waals surface area (Å²) in [6, 6.07) is 9.85. The van der Waals surface area contributed by atoms with Crippen molar-refractivity contribution < 1.29 is 36.8 Å². The highest BCUT2D eigenvalue weighted by atomic mass is 35.5. The molecule has 2 aliphatic heterocycles. The second-order valence-corrected chi connectivity index (χ2v) is 12.1. The van der Waals surface area contributed by atoms with Gasteiger partial charge < -0.3 is 14.6 Å². The van der Waals surface area contributed by atoms with Crippen LogP contribution in [0.5, 0.6) is 5.88 Å². The third-order valence-electron chi connectivity index (χ3n) is 7.36. The van der Waals surface area contributed by atoms with Gasteiger partial charge in [0.15, 0.2) is 11.2 Å². The Balaban J connectivity index is 1.38. The average Bonchev–Trinajstić information content (AvgIpc) is 3.32. The molecule has 2 aliphatic rings. The fraction of sp³-hybridized carbons (Fsp3) is 0.333. The number of benzene rings is 1. The summed E-state index contributed by atoms with van der Waals surface area (Å²) in [5.74, 6) is -2.74. The maximum atomic E-state index is 13.7. The Morgan fingerprint density at radius 1 is 1.24 bits per heavy atom. The van der Waals surface area contributed by atoms with Gasteiger partial charge in [0.05, 0.1) is 26.2 Å². The first kappa shape index (κ1) is 28.5. The zero-order chi connectivity index (χ0) is 29.8. The predicted octanol–water partition coefficient (Wildman–Crippen LogP) is 4.40. The molecule has 42 heavy (non-hydrogen) atoms. The Kier molecular flexibility index (Phi) is 7.20. The van der Waals surface area contributed by atoms with E-state index in [9.17, 15) is 27.3 Å². The van der Waals surface area contributed by atoms with E-state index in [1.807, 2.05) is 0 Å². The number of fused-ring (bicyclic) bond motifs is 2. The molecule has 15 heteroatoms. The second kappa shape index (κ2) is 10.6. The Morgan fingerprint density at radius 2 is 2.02 bits per heavy atom. The van der Waals surface area contributed by atoms with Gasteiger partial charge in [-0.3, -0.25) is 9.20 Å². The van der Waals surface area contributed by atoms with Crippen LogP contribution in [0.15, 0.2) is 53.7 Å². The van der Waals surface area contributed by atoms with Crippen molar-refractivity contribution in [2.45, 2.75) is 42.5 Å². The number of carboxylic acid groups (broad SMARTS) is 1. The van der Waals surface area contributed by atoms with Crippen molar-refractivity contribution in [2.75, 3.05) is 19.8 Å². The zero-order valence-electron chi connectivity index (χ0n) is 22.0. The third kappa shape index (κ3) is 5.12. The maximum Gasteiger partial charge on any atom is 0.452 e. The lowest BCUT2D eigenvalue weighted by Crippen LogP contribution is -2.60. The van der Waals surface area contributed by atoms with Gasteiger partial charge in [0.1, 0.15) is 15.9 Å². The molecule has 1 saturated heterocycles. The lowest BCUT2D eigenvalue weighted by molar-refractivity contribution is -0.166. The number of hydrogen-bond acceptors (Lipinski definition) is 7. The molecular formula is C27H23ClF3N5O5S. The molecule has 1 fully saturated rings. The topological polar surface area (TPSA) is 119 Å². The minimum atomic E-state index is -4.71. The number of nitrogens with zero attached hydrogens (tertiary/aromatic N) is 5. The molecule has 0 radical (unpaired) electrons. The molecule has 0 bridgehead atoms. The van der Waals surface area contributed by atoms with Crippen LogP contribution in [0, 0.1) is 6.92 Å². The molecule has 4 aromatic rings. The Bertz CT molecular complexity index is 1730. The molecule has 6 rings (SSSR count). The summed E-state index contributed by atoms with van der Waals surface area (Å²) in [5.41, 5.74) is 1.25. The number of aliphatic carboxylic acids is 1. The average molecular weight is 622 g/mol. The minimum Gasteiger partial charge on any atom is -0.481 e. The van der Waals surface area contributed by atoms with Gasteiger partial charge in [-0.05, 0) is 53.4 Å². The van der Waals surface area contributed by atoms with E-state index in [0.717, 1.165) is 4.40 Å². The van der Waals surface area contributed by atoms with E-state index in [-0.39, 0.29) is 31.0 Å². The lowest BCUT2D eigenvalue weighted by atomic mass is 9.86. The van der Waals surface area contributed by atoms with Gasteiger partial charge in [-0.1, -0.05) is 23.7 Å². The number of rotatable bonds is 6. The maximum absolute atomic E-state index is 13.7. The van der Waals surface area contributed by atoms with Crippen LogP contribution in [-0.4, -0.2) is 64.5 Å². The number of ether oxygens (including phenoxy) is 2. The first-order chi connectivity index (χ1) is 20.0. The number of alkyl halides is 3. The molecule has 0 saturated carbocycles. The summed E-state index contributed by atoms with van der Waals surface area (Å²) >= 11 is 6.60. The monoisotopic (exact) mass is 621 g/mol. The van der Waals surface area contributed by atoms with Crippen LogP contribution < -0.4 is 4.74 Å². The van der Waals surface area contributed by atoms with Crippen LogP contribution in [0.4, 0.5) is 13.2 Å². The standard InChI is InChI=1S/C27H23ClF3N5O5S/c1-15-18(6-8-36-23(15)33-34-25(36)27(29,30)31)19(10-22(37)38)16-4-5-20(28)17(9-16)11-35-12-26(13-40-14-26)41-24-21(42(35)39)3-2-7-32-24/h2-9,19H,10-14H2,1H3,(H,37,38). The fourth-order valence-corrected chi connectivity index (χ4v) is 6.81. The third-order valence-corrected chi connectivity index (χ3v) is 9.14. The van der Waals surface area contributed by atoms with Gasteiger partial charge in [-0.2, -0.15) is 13.2 Å². The summed E-state index contributed by atoms with van der Waals surface area (Å²) < 4.78 is 68.0. The first-order valence-electron chi connectivity index (χ1n) is 12.8. The van der Waals surface area contributed by atoms with Crippen LogP contribution in [0.3, 0.4) is 0 Å². The molecule has 1 N–H and O–H groups in total. The van der Waals surface area contributed by atoms with Crippen molar-refractivity contribution in [2.24, 2.45) is 0 Å². The first-order valence-corrected chi connectivity index (χ1v) is 14.2. The molecule has 1 aromatic carbocycles.